The van der Waals surface area contributed by atoms with Gasteiger partial charge in [-0.3, -0.25) is 0 Å². The van der Waals surface area contributed by atoms with Gasteiger partial charge in [0.25, 0.3) is 0 Å². The number of benzene rings is 1. The number of hydrogen-bond acceptors (Lipinski definition) is 2. The summed E-state index contributed by atoms with van der Waals surface area (Å²) in [4.78, 5) is 4.54. The molecule has 20 heavy (non-hydrogen) atoms. The van der Waals surface area contributed by atoms with Gasteiger partial charge in [0.2, 0.25) is 5.95 Å². The van der Waals surface area contributed by atoms with Crippen LogP contribution in [0.2, 0.25) is 0 Å². The van der Waals surface area contributed by atoms with Gasteiger partial charge in [-0.1, -0.05) is 38.1 Å². The monoisotopic (exact) mass is 271 g/mol. The lowest BCUT2D eigenvalue weighted by atomic mass is 10.0. The van der Waals surface area contributed by atoms with Gasteiger partial charge >= 0.3 is 0 Å². The van der Waals surface area contributed by atoms with Crippen molar-refractivity contribution >= 4 is 5.95 Å². The summed E-state index contributed by atoms with van der Waals surface area (Å²) in [5.74, 6) is 1.53. The summed E-state index contributed by atoms with van der Waals surface area (Å²) < 4.78 is 2.18. The number of imidazole rings is 1. The number of aromatic nitrogens is 2. The molecule has 0 aliphatic carbocycles. The van der Waals surface area contributed by atoms with E-state index < -0.39 is 0 Å². The van der Waals surface area contributed by atoms with Crippen molar-refractivity contribution in [2.75, 3.05) is 5.32 Å². The van der Waals surface area contributed by atoms with Crippen molar-refractivity contribution in [3.8, 4) is 0 Å². The molecule has 0 amide bonds. The Morgan fingerprint density at radius 1 is 1.10 bits per heavy atom. The molecular formula is C17H25N3. The topological polar surface area (TPSA) is 29.9 Å². The lowest BCUT2D eigenvalue weighted by molar-refractivity contribution is 0.604. The summed E-state index contributed by atoms with van der Waals surface area (Å²) in [5.41, 5.74) is 3.72. The van der Waals surface area contributed by atoms with Crippen LogP contribution in [0.3, 0.4) is 0 Å². The highest BCUT2D eigenvalue weighted by molar-refractivity contribution is 5.33. The molecule has 0 atom stereocenters. The molecule has 1 aromatic carbocycles. The molecule has 0 aliphatic heterocycles. The molecule has 1 heterocycles. The Bertz CT molecular complexity index is 550. The maximum absolute atomic E-state index is 4.54. The van der Waals surface area contributed by atoms with Gasteiger partial charge in [0, 0.05) is 18.8 Å². The van der Waals surface area contributed by atoms with E-state index in [4.69, 9.17) is 0 Å². The first-order valence-electron chi connectivity index (χ1n) is 7.35. The van der Waals surface area contributed by atoms with Gasteiger partial charge in [0.05, 0.1) is 5.69 Å². The SMILES string of the molecule is Cc1cn(C(C)C)c(NCc2ccc(C(C)C)cc2)n1. The van der Waals surface area contributed by atoms with Crippen molar-refractivity contribution < 1.29 is 0 Å². The molecule has 1 N–H and O–H groups in total. The van der Waals surface area contributed by atoms with E-state index in [-0.39, 0.29) is 0 Å². The smallest absolute Gasteiger partial charge is 0.203 e. The van der Waals surface area contributed by atoms with Crippen molar-refractivity contribution in [1.82, 2.24) is 9.55 Å². The van der Waals surface area contributed by atoms with Gasteiger partial charge in [-0.15, -0.1) is 0 Å². The molecule has 0 saturated carbocycles. The first-order valence-corrected chi connectivity index (χ1v) is 7.35. The van der Waals surface area contributed by atoms with Gasteiger partial charge in [-0.2, -0.15) is 0 Å². The average molecular weight is 271 g/mol. The van der Waals surface area contributed by atoms with E-state index in [1.165, 1.54) is 11.1 Å². The van der Waals surface area contributed by atoms with E-state index in [2.05, 4.69) is 73.0 Å². The Morgan fingerprint density at radius 3 is 2.30 bits per heavy atom. The minimum atomic E-state index is 0.419. The standard InChI is InChI=1S/C17H25N3/c1-12(2)16-8-6-15(7-9-16)10-18-17-19-14(5)11-20(17)13(3)4/h6-9,11-13H,10H2,1-5H3,(H,18,19). The van der Waals surface area contributed by atoms with Crippen LogP contribution in [0.1, 0.15) is 56.5 Å². The fourth-order valence-corrected chi connectivity index (χ4v) is 2.24. The summed E-state index contributed by atoms with van der Waals surface area (Å²) in [5, 5.41) is 3.43. The molecule has 0 radical (unpaired) electrons. The fourth-order valence-electron chi connectivity index (χ4n) is 2.24. The third-order valence-corrected chi connectivity index (χ3v) is 3.51. The van der Waals surface area contributed by atoms with Gasteiger partial charge in [0.15, 0.2) is 0 Å². The van der Waals surface area contributed by atoms with E-state index in [9.17, 15) is 0 Å². The van der Waals surface area contributed by atoms with Crippen molar-refractivity contribution in [2.24, 2.45) is 0 Å². The highest BCUT2D eigenvalue weighted by atomic mass is 15.2. The van der Waals surface area contributed by atoms with E-state index in [1.807, 2.05) is 6.92 Å². The van der Waals surface area contributed by atoms with Crippen LogP contribution in [0.4, 0.5) is 5.95 Å². The number of hydrogen-bond donors (Lipinski definition) is 1. The normalized spacial score (nSPS) is 11.3. The highest BCUT2D eigenvalue weighted by Crippen LogP contribution is 2.18. The van der Waals surface area contributed by atoms with Gasteiger partial charge in [-0.25, -0.2) is 4.98 Å². The third kappa shape index (κ3) is 3.41. The molecule has 0 unspecified atom stereocenters. The number of nitrogens with zero attached hydrogens (tertiary/aromatic N) is 2. The number of aryl methyl sites for hydroxylation is 1. The maximum atomic E-state index is 4.54. The molecule has 2 aromatic rings. The zero-order chi connectivity index (χ0) is 14.7. The number of rotatable bonds is 5. The minimum absolute atomic E-state index is 0.419. The van der Waals surface area contributed by atoms with Crippen molar-refractivity contribution in [3.05, 3.63) is 47.3 Å². The van der Waals surface area contributed by atoms with Crippen molar-refractivity contribution in [2.45, 2.75) is 53.1 Å². The van der Waals surface area contributed by atoms with Gasteiger partial charge < -0.3 is 9.88 Å². The first kappa shape index (κ1) is 14.6. The molecule has 0 bridgehead atoms. The Labute approximate surface area is 122 Å². The summed E-state index contributed by atoms with van der Waals surface area (Å²) in [6, 6.07) is 9.22. The second kappa shape index (κ2) is 6.12. The third-order valence-electron chi connectivity index (χ3n) is 3.51. The quantitative estimate of drug-likeness (QED) is 0.867. The Balaban J connectivity index is 2.05. The summed E-state index contributed by atoms with van der Waals surface area (Å²) in [6.45, 7) is 11.6. The van der Waals surface area contributed by atoms with Crippen LogP contribution in [0, 0.1) is 6.92 Å². The Kier molecular flexibility index (Phi) is 4.48. The molecule has 1 aromatic heterocycles. The zero-order valence-electron chi connectivity index (χ0n) is 13.1. The van der Waals surface area contributed by atoms with Crippen LogP contribution in [0.5, 0.6) is 0 Å². The van der Waals surface area contributed by atoms with E-state index in [0.29, 0.717) is 12.0 Å². The lowest BCUT2D eigenvalue weighted by Crippen LogP contribution is -2.08. The second-order valence-corrected chi connectivity index (χ2v) is 5.96. The van der Waals surface area contributed by atoms with E-state index >= 15 is 0 Å². The van der Waals surface area contributed by atoms with Crippen LogP contribution >= 0.6 is 0 Å². The highest BCUT2D eigenvalue weighted by Gasteiger charge is 2.08. The molecule has 0 spiro atoms. The number of anilines is 1. The molecular weight excluding hydrogens is 246 g/mol. The predicted molar refractivity (Wildman–Crippen MR) is 85.2 cm³/mol. The Morgan fingerprint density at radius 2 is 1.75 bits per heavy atom. The zero-order valence-corrected chi connectivity index (χ0v) is 13.1. The predicted octanol–water partition coefficient (Wildman–Crippen LogP) is 4.51. The number of nitrogens with one attached hydrogen (secondary N) is 1. The summed E-state index contributed by atoms with van der Waals surface area (Å²) in [7, 11) is 0. The second-order valence-electron chi connectivity index (χ2n) is 5.96. The average Bonchev–Trinajstić information content (AvgIpc) is 2.78. The van der Waals surface area contributed by atoms with Crippen LogP contribution in [0.15, 0.2) is 30.5 Å². The van der Waals surface area contributed by atoms with Crippen LogP contribution in [-0.2, 0) is 6.54 Å². The van der Waals surface area contributed by atoms with Gasteiger partial charge in [0.1, 0.15) is 0 Å². The Hall–Kier alpha value is -1.77. The van der Waals surface area contributed by atoms with Crippen LogP contribution in [0.25, 0.3) is 0 Å². The fraction of sp³-hybridized carbons (Fsp3) is 0.471. The molecule has 0 fully saturated rings. The first-order chi connectivity index (χ1) is 9.47. The van der Waals surface area contributed by atoms with Crippen LogP contribution < -0.4 is 5.32 Å². The van der Waals surface area contributed by atoms with Crippen molar-refractivity contribution in [1.29, 1.82) is 0 Å². The molecule has 0 saturated heterocycles. The molecule has 3 nitrogen and oxygen atoms in total. The van der Waals surface area contributed by atoms with E-state index in [0.717, 1.165) is 18.2 Å². The molecule has 0 aliphatic rings. The summed E-state index contributed by atoms with van der Waals surface area (Å²) in [6.07, 6.45) is 2.09. The maximum Gasteiger partial charge on any atom is 0.203 e. The molecule has 108 valence electrons. The minimum Gasteiger partial charge on any atom is -0.352 e. The largest absolute Gasteiger partial charge is 0.352 e. The van der Waals surface area contributed by atoms with Crippen LogP contribution in [-0.4, -0.2) is 9.55 Å². The van der Waals surface area contributed by atoms with Gasteiger partial charge in [-0.05, 0) is 37.8 Å². The molecule has 3 heteroatoms. The van der Waals surface area contributed by atoms with Crippen molar-refractivity contribution in [3.63, 3.8) is 0 Å². The van der Waals surface area contributed by atoms with E-state index in [1.54, 1.807) is 0 Å². The molecule has 2 rings (SSSR count). The lowest BCUT2D eigenvalue weighted by Gasteiger charge is -2.13. The summed E-state index contributed by atoms with van der Waals surface area (Å²) >= 11 is 0.